The summed E-state index contributed by atoms with van der Waals surface area (Å²) < 4.78 is 11.5. The number of hydrogen-bond donors (Lipinski definition) is 1. The number of carbonyl (C=O) groups excluding carboxylic acids is 1. The first-order chi connectivity index (χ1) is 13.6. The molecule has 0 bridgehead atoms. The van der Waals surface area contributed by atoms with Crippen molar-refractivity contribution in [2.24, 2.45) is 5.10 Å². The second-order valence-electron chi connectivity index (χ2n) is 5.78. The van der Waals surface area contributed by atoms with Crippen molar-refractivity contribution in [3.8, 4) is 23.8 Å². The maximum atomic E-state index is 12.5. The number of terminal acetylenes is 1. The molecule has 0 radical (unpaired) electrons. The summed E-state index contributed by atoms with van der Waals surface area (Å²) >= 11 is 3.42. The molecule has 28 heavy (non-hydrogen) atoms. The van der Waals surface area contributed by atoms with Crippen LogP contribution in [0.5, 0.6) is 11.5 Å². The smallest absolute Gasteiger partial charge is 0.275 e. The van der Waals surface area contributed by atoms with Crippen LogP contribution in [0.25, 0.3) is 10.8 Å². The average Bonchev–Trinajstić information content (AvgIpc) is 2.72. The Bertz CT molecular complexity index is 1090. The van der Waals surface area contributed by atoms with Gasteiger partial charge >= 0.3 is 0 Å². The molecule has 5 nitrogen and oxygen atoms in total. The molecular formula is C22H17BrN2O3. The summed E-state index contributed by atoms with van der Waals surface area (Å²) in [6.45, 7) is 0.190. The number of fused-ring (bicyclic) bond motifs is 1. The van der Waals surface area contributed by atoms with E-state index in [4.69, 9.17) is 15.9 Å². The lowest BCUT2D eigenvalue weighted by molar-refractivity contribution is 0.0952. The van der Waals surface area contributed by atoms with Crippen LogP contribution in [0.15, 0.2) is 64.2 Å². The van der Waals surface area contributed by atoms with Crippen LogP contribution in [0, 0.1) is 12.3 Å². The van der Waals surface area contributed by atoms with Crippen LogP contribution in [0.3, 0.4) is 0 Å². The van der Waals surface area contributed by atoms with Gasteiger partial charge < -0.3 is 9.47 Å². The van der Waals surface area contributed by atoms with Gasteiger partial charge in [-0.05, 0) is 62.6 Å². The third-order valence-electron chi connectivity index (χ3n) is 3.96. The number of nitrogens with one attached hydrogen (secondary N) is 1. The van der Waals surface area contributed by atoms with Gasteiger partial charge in [0, 0.05) is 0 Å². The molecule has 1 amide bonds. The van der Waals surface area contributed by atoms with E-state index in [1.165, 1.54) is 7.11 Å². The number of hydrogen-bond acceptors (Lipinski definition) is 4. The Kier molecular flexibility index (Phi) is 6.30. The first kappa shape index (κ1) is 19.5. The van der Waals surface area contributed by atoms with E-state index in [1.807, 2.05) is 42.5 Å². The summed E-state index contributed by atoms with van der Waals surface area (Å²) in [4.78, 5) is 12.5. The fourth-order valence-electron chi connectivity index (χ4n) is 2.63. The number of amides is 1. The van der Waals surface area contributed by atoms with E-state index < -0.39 is 0 Å². The third-order valence-corrected chi connectivity index (χ3v) is 4.58. The van der Waals surface area contributed by atoms with E-state index in [1.54, 1.807) is 18.3 Å². The Morgan fingerprint density at radius 1 is 1.18 bits per heavy atom. The minimum atomic E-state index is -0.355. The van der Waals surface area contributed by atoms with Gasteiger partial charge in [-0.25, -0.2) is 5.43 Å². The zero-order valence-corrected chi connectivity index (χ0v) is 16.7. The highest BCUT2D eigenvalue weighted by Crippen LogP contribution is 2.26. The summed E-state index contributed by atoms with van der Waals surface area (Å²) in [7, 11) is 1.53. The van der Waals surface area contributed by atoms with Gasteiger partial charge in [-0.3, -0.25) is 4.79 Å². The number of benzene rings is 3. The second kappa shape index (κ2) is 9.07. The number of nitrogens with zero attached hydrogens (tertiary/aromatic N) is 1. The van der Waals surface area contributed by atoms with Crippen LogP contribution in [0.1, 0.15) is 15.9 Å². The van der Waals surface area contributed by atoms with Gasteiger partial charge in [0.05, 0.1) is 23.4 Å². The van der Waals surface area contributed by atoms with Gasteiger partial charge in [0.1, 0.15) is 18.1 Å². The molecule has 140 valence electrons. The van der Waals surface area contributed by atoms with Gasteiger partial charge in [0.2, 0.25) is 0 Å². The van der Waals surface area contributed by atoms with Crippen LogP contribution in [0.4, 0.5) is 0 Å². The van der Waals surface area contributed by atoms with E-state index in [9.17, 15) is 4.79 Å². The maximum Gasteiger partial charge on any atom is 0.275 e. The SMILES string of the molecule is C#CCOc1ccc(C=NNC(=O)c2cc3ccccc3cc2OC)cc1Br. The quantitative estimate of drug-likeness (QED) is 0.354. The summed E-state index contributed by atoms with van der Waals surface area (Å²) in [5, 5.41) is 5.98. The van der Waals surface area contributed by atoms with Crippen LogP contribution in [-0.4, -0.2) is 25.8 Å². The van der Waals surface area contributed by atoms with Crippen LogP contribution in [-0.2, 0) is 0 Å². The van der Waals surface area contributed by atoms with Gasteiger partial charge in [0.25, 0.3) is 5.91 Å². The summed E-state index contributed by atoms with van der Waals surface area (Å²) in [5.74, 6) is 3.19. The number of ether oxygens (including phenoxy) is 2. The van der Waals surface area contributed by atoms with Crippen LogP contribution in [0.2, 0.25) is 0 Å². The summed E-state index contributed by atoms with van der Waals surface area (Å²) in [6.07, 6.45) is 6.73. The lowest BCUT2D eigenvalue weighted by Crippen LogP contribution is -2.18. The zero-order chi connectivity index (χ0) is 19.9. The number of halogens is 1. The molecule has 0 spiro atoms. The molecule has 0 aliphatic heterocycles. The molecule has 3 aromatic rings. The van der Waals surface area contributed by atoms with Crippen LogP contribution >= 0.6 is 15.9 Å². The molecule has 0 saturated carbocycles. The Balaban J connectivity index is 1.74. The molecule has 6 heteroatoms. The monoisotopic (exact) mass is 436 g/mol. The number of rotatable bonds is 6. The lowest BCUT2D eigenvalue weighted by Gasteiger charge is -2.09. The fraction of sp³-hybridized carbons (Fsp3) is 0.0909. The number of methoxy groups -OCH3 is 1. The minimum Gasteiger partial charge on any atom is -0.496 e. The van der Waals surface area contributed by atoms with Crippen molar-refractivity contribution in [2.75, 3.05) is 13.7 Å². The first-order valence-electron chi connectivity index (χ1n) is 8.38. The van der Waals surface area contributed by atoms with Gasteiger partial charge in [-0.15, -0.1) is 6.42 Å². The van der Waals surface area contributed by atoms with Gasteiger partial charge in [-0.1, -0.05) is 30.2 Å². The van der Waals surface area contributed by atoms with Crippen molar-refractivity contribution in [3.63, 3.8) is 0 Å². The molecular weight excluding hydrogens is 420 g/mol. The van der Waals surface area contributed by atoms with Crippen LogP contribution < -0.4 is 14.9 Å². The van der Waals surface area contributed by atoms with Crippen molar-refractivity contribution < 1.29 is 14.3 Å². The van der Waals surface area contributed by atoms with E-state index in [-0.39, 0.29) is 12.5 Å². The third kappa shape index (κ3) is 4.51. The second-order valence-corrected chi connectivity index (χ2v) is 6.64. The normalized spacial score (nSPS) is 10.6. The Labute approximate surface area is 171 Å². The zero-order valence-electron chi connectivity index (χ0n) is 15.1. The molecule has 0 unspecified atom stereocenters. The van der Waals surface area contributed by atoms with Crippen molar-refractivity contribution in [1.29, 1.82) is 0 Å². The van der Waals surface area contributed by atoms with Crippen molar-refractivity contribution in [2.45, 2.75) is 0 Å². The topological polar surface area (TPSA) is 59.9 Å². The molecule has 0 aliphatic rings. The Morgan fingerprint density at radius 3 is 2.61 bits per heavy atom. The highest BCUT2D eigenvalue weighted by atomic mass is 79.9. The molecule has 1 N–H and O–H groups in total. The fourth-order valence-corrected chi connectivity index (χ4v) is 3.14. The van der Waals surface area contributed by atoms with E-state index in [0.717, 1.165) is 20.8 Å². The number of hydrazone groups is 1. The maximum absolute atomic E-state index is 12.5. The minimum absolute atomic E-state index is 0.190. The standard InChI is InChI=1S/C22H17BrN2O3/c1-3-10-28-20-9-8-15(11-19(20)23)14-24-25-22(26)18-12-16-6-4-5-7-17(16)13-21(18)27-2/h1,4-9,11-14H,10H2,2H3,(H,25,26). The summed E-state index contributed by atoms with van der Waals surface area (Å²) in [6, 6.07) is 16.8. The van der Waals surface area contributed by atoms with E-state index >= 15 is 0 Å². The van der Waals surface area contributed by atoms with Crippen molar-refractivity contribution in [1.82, 2.24) is 5.43 Å². The molecule has 0 aliphatic carbocycles. The Morgan fingerprint density at radius 2 is 1.93 bits per heavy atom. The average molecular weight is 437 g/mol. The van der Waals surface area contributed by atoms with E-state index in [0.29, 0.717) is 17.1 Å². The molecule has 3 aromatic carbocycles. The number of carbonyl (C=O) groups is 1. The lowest BCUT2D eigenvalue weighted by atomic mass is 10.1. The van der Waals surface area contributed by atoms with Crippen molar-refractivity contribution >= 4 is 38.8 Å². The molecule has 0 heterocycles. The molecule has 0 atom stereocenters. The van der Waals surface area contributed by atoms with Gasteiger partial charge in [0.15, 0.2) is 0 Å². The predicted molar refractivity (Wildman–Crippen MR) is 114 cm³/mol. The molecule has 0 aromatic heterocycles. The summed E-state index contributed by atoms with van der Waals surface area (Å²) in [5.41, 5.74) is 3.73. The molecule has 0 saturated heterocycles. The van der Waals surface area contributed by atoms with Crippen molar-refractivity contribution in [3.05, 3.63) is 70.2 Å². The molecule has 3 rings (SSSR count). The predicted octanol–water partition coefficient (Wildman–Crippen LogP) is 4.39. The van der Waals surface area contributed by atoms with Gasteiger partial charge in [-0.2, -0.15) is 5.10 Å². The first-order valence-corrected chi connectivity index (χ1v) is 9.17. The Hall–Kier alpha value is -3.30. The highest BCUT2D eigenvalue weighted by molar-refractivity contribution is 9.10. The highest BCUT2D eigenvalue weighted by Gasteiger charge is 2.13. The molecule has 0 fully saturated rings. The largest absolute Gasteiger partial charge is 0.496 e. The van der Waals surface area contributed by atoms with E-state index in [2.05, 4.69) is 32.4 Å².